The fourth-order valence-corrected chi connectivity index (χ4v) is 5.02. The Hall–Kier alpha value is -2.91. The second-order valence-electron chi connectivity index (χ2n) is 9.45. The number of fused-ring (bicyclic) bond motifs is 1. The number of carbonyl (C=O) groups is 1. The van der Waals surface area contributed by atoms with Gasteiger partial charge in [0.1, 0.15) is 11.4 Å². The van der Waals surface area contributed by atoms with Gasteiger partial charge in [0, 0.05) is 50.6 Å². The van der Waals surface area contributed by atoms with E-state index >= 15 is 0 Å². The number of hydrogen-bond donors (Lipinski definition) is 3. The van der Waals surface area contributed by atoms with Crippen molar-refractivity contribution >= 4 is 29.0 Å². The van der Waals surface area contributed by atoms with E-state index in [1.54, 1.807) is 0 Å². The number of anilines is 4. The van der Waals surface area contributed by atoms with E-state index in [1.807, 2.05) is 6.92 Å². The van der Waals surface area contributed by atoms with Crippen LogP contribution < -0.4 is 26.0 Å². The normalized spacial score (nSPS) is 21.6. The average molecular weight is 465 g/mol. The summed E-state index contributed by atoms with van der Waals surface area (Å²) < 4.78 is 0. The molecule has 4 heterocycles. The minimum absolute atomic E-state index is 0.0915. The minimum atomic E-state index is -0.205. The van der Waals surface area contributed by atoms with Gasteiger partial charge in [0.2, 0.25) is 5.95 Å². The third kappa shape index (κ3) is 4.81. The molecule has 1 atom stereocenters. The number of rotatable bonds is 5. The molecule has 3 N–H and O–H groups in total. The van der Waals surface area contributed by atoms with Crippen molar-refractivity contribution in [1.82, 2.24) is 25.7 Å². The highest BCUT2D eigenvalue weighted by Gasteiger charge is 2.30. The molecule has 2 aromatic rings. The lowest BCUT2D eigenvalue weighted by atomic mass is 10.1. The van der Waals surface area contributed by atoms with Crippen LogP contribution >= 0.6 is 0 Å². The molecule has 2 fully saturated rings. The molecular weight excluding hydrogens is 428 g/mol. The Kier molecular flexibility index (Phi) is 6.82. The first-order valence-electron chi connectivity index (χ1n) is 12.7. The molecule has 9 nitrogen and oxygen atoms in total. The van der Waals surface area contributed by atoms with Crippen LogP contribution in [0.1, 0.15) is 61.6 Å². The number of benzene rings is 1. The predicted molar refractivity (Wildman–Crippen MR) is 136 cm³/mol. The Morgan fingerprint density at radius 2 is 1.65 bits per heavy atom. The first-order valence-corrected chi connectivity index (χ1v) is 12.7. The zero-order chi connectivity index (χ0) is 23.5. The van der Waals surface area contributed by atoms with E-state index in [0.717, 1.165) is 70.0 Å². The highest BCUT2D eigenvalue weighted by Crippen LogP contribution is 2.31. The number of likely N-dealkylation sites (N-methyl/N-ethyl adjacent to an activating group) is 1. The van der Waals surface area contributed by atoms with Gasteiger partial charge >= 0.3 is 0 Å². The standard InChI is InChI=1S/C25H36N8O/c1-3-31-14-16-32(17-15-31)20-10-8-19(9-11-20)26-23-21-22(18(2)29-30-24(21)34)27-25(28-23)33-12-6-4-5-7-13-33/h8-11,18,29H,3-7,12-17H2,1-2H3,(H,30,34)(H,26,27,28). The molecule has 0 spiro atoms. The van der Waals surface area contributed by atoms with Gasteiger partial charge in [-0.05, 0) is 50.6 Å². The van der Waals surface area contributed by atoms with Gasteiger partial charge in [-0.3, -0.25) is 10.2 Å². The van der Waals surface area contributed by atoms with Crippen LogP contribution in [0.3, 0.4) is 0 Å². The van der Waals surface area contributed by atoms with E-state index < -0.39 is 0 Å². The maximum absolute atomic E-state index is 12.8. The van der Waals surface area contributed by atoms with Gasteiger partial charge in [0.05, 0.1) is 11.7 Å². The largest absolute Gasteiger partial charge is 0.369 e. The van der Waals surface area contributed by atoms with Crippen molar-refractivity contribution < 1.29 is 4.79 Å². The molecule has 1 aromatic carbocycles. The zero-order valence-corrected chi connectivity index (χ0v) is 20.3. The molecule has 34 heavy (non-hydrogen) atoms. The lowest BCUT2D eigenvalue weighted by Gasteiger charge is -2.35. The maximum Gasteiger partial charge on any atom is 0.271 e. The maximum atomic E-state index is 12.8. The Bertz CT molecular complexity index is 995. The van der Waals surface area contributed by atoms with Crippen LogP contribution in [0.15, 0.2) is 24.3 Å². The van der Waals surface area contributed by atoms with Gasteiger partial charge in [0.25, 0.3) is 5.91 Å². The van der Waals surface area contributed by atoms with Crippen LogP contribution in [-0.4, -0.2) is 66.6 Å². The van der Waals surface area contributed by atoms with Crippen LogP contribution in [0.2, 0.25) is 0 Å². The summed E-state index contributed by atoms with van der Waals surface area (Å²) in [5, 5.41) is 3.43. The van der Waals surface area contributed by atoms with Crippen molar-refractivity contribution in [3.8, 4) is 0 Å². The number of hydrogen-bond acceptors (Lipinski definition) is 8. The summed E-state index contributed by atoms with van der Waals surface area (Å²) in [5.41, 5.74) is 9.18. The van der Waals surface area contributed by atoms with Crippen LogP contribution in [0, 0.1) is 0 Å². The van der Waals surface area contributed by atoms with E-state index in [4.69, 9.17) is 9.97 Å². The number of hydrazine groups is 1. The number of amides is 1. The van der Waals surface area contributed by atoms with Gasteiger partial charge in [-0.2, -0.15) is 4.98 Å². The topological polar surface area (TPSA) is 88.7 Å². The number of aromatic nitrogens is 2. The van der Waals surface area contributed by atoms with Gasteiger partial charge in [-0.25, -0.2) is 10.4 Å². The number of carbonyl (C=O) groups excluding carboxylic acids is 1. The minimum Gasteiger partial charge on any atom is -0.369 e. The van der Waals surface area contributed by atoms with Gasteiger partial charge in [-0.15, -0.1) is 0 Å². The van der Waals surface area contributed by atoms with E-state index in [9.17, 15) is 4.79 Å². The van der Waals surface area contributed by atoms with Gasteiger partial charge < -0.3 is 20.0 Å². The Labute approximate surface area is 201 Å². The first-order chi connectivity index (χ1) is 16.6. The molecule has 0 saturated carbocycles. The molecule has 5 rings (SSSR count). The van der Waals surface area contributed by atoms with Gasteiger partial charge in [-0.1, -0.05) is 19.8 Å². The molecule has 3 aliphatic rings. The van der Waals surface area contributed by atoms with Crippen molar-refractivity contribution in [2.24, 2.45) is 0 Å². The van der Waals surface area contributed by atoms with Crippen molar-refractivity contribution in [3.63, 3.8) is 0 Å². The summed E-state index contributed by atoms with van der Waals surface area (Å²) in [5.74, 6) is 1.07. The zero-order valence-electron chi connectivity index (χ0n) is 20.3. The number of nitrogens with one attached hydrogen (secondary N) is 3. The number of piperazine rings is 1. The lowest BCUT2D eigenvalue weighted by molar-refractivity contribution is 0.0909. The summed E-state index contributed by atoms with van der Waals surface area (Å²) >= 11 is 0. The van der Waals surface area contributed by atoms with E-state index in [2.05, 4.69) is 62.1 Å². The summed E-state index contributed by atoms with van der Waals surface area (Å²) in [4.78, 5) is 29.7. The predicted octanol–water partition coefficient (Wildman–Crippen LogP) is 3.05. The Morgan fingerprint density at radius 1 is 0.941 bits per heavy atom. The van der Waals surface area contributed by atoms with Crippen molar-refractivity contribution in [3.05, 3.63) is 35.5 Å². The second-order valence-corrected chi connectivity index (χ2v) is 9.45. The van der Waals surface area contributed by atoms with Crippen LogP contribution in [0.25, 0.3) is 0 Å². The van der Waals surface area contributed by atoms with Crippen molar-refractivity contribution in [2.75, 3.05) is 60.9 Å². The molecule has 0 radical (unpaired) electrons. The van der Waals surface area contributed by atoms with E-state index in [-0.39, 0.29) is 11.9 Å². The fourth-order valence-electron chi connectivity index (χ4n) is 5.02. The summed E-state index contributed by atoms with van der Waals surface area (Å²) in [6.45, 7) is 11.5. The molecule has 1 amide bonds. The third-order valence-electron chi connectivity index (χ3n) is 7.17. The SMILES string of the molecule is CCN1CCN(c2ccc(Nc3nc(N4CCCCCC4)nc4c3C(=O)NNC4C)cc2)CC1. The smallest absolute Gasteiger partial charge is 0.271 e. The molecule has 1 aromatic heterocycles. The van der Waals surface area contributed by atoms with Crippen molar-refractivity contribution in [2.45, 2.75) is 45.6 Å². The summed E-state index contributed by atoms with van der Waals surface area (Å²) in [6.07, 6.45) is 4.77. The first kappa shape index (κ1) is 22.9. The van der Waals surface area contributed by atoms with Crippen LogP contribution in [-0.2, 0) is 0 Å². The molecule has 3 aliphatic heterocycles. The second kappa shape index (κ2) is 10.1. The molecule has 182 valence electrons. The molecule has 1 unspecified atom stereocenters. The molecule has 0 aliphatic carbocycles. The summed E-state index contributed by atoms with van der Waals surface area (Å²) in [6, 6.07) is 8.36. The summed E-state index contributed by atoms with van der Waals surface area (Å²) in [7, 11) is 0. The monoisotopic (exact) mass is 464 g/mol. The van der Waals surface area contributed by atoms with Crippen molar-refractivity contribution in [1.29, 1.82) is 0 Å². The fraction of sp³-hybridized carbons (Fsp3) is 0.560. The van der Waals surface area contributed by atoms with Gasteiger partial charge in [0.15, 0.2) is 0 Å². The lowest BCUT2D eigenvalue weighted by Crippen LogP contribution is -2.46. The highest BCUT2D eigenvalue weighted by atomic mass is 16.2. The van der Waals surface area contributed by atoms with Crippen LogP contribution in [0.4, 0.5) is 23.1 Å². The van der Waals surface area contributed by atoms with E-state index in [1.165, 1.54) is 18.5 Å². The molecule has 0 bridgehead atoms. The Morgan fingerprint density at radius 3 is 2.32 bits per heavy atom. The number of nitrogens with zero attached hydrogens (tertiary/aromatic N) is 5. The van der Waals surface area contributed by atoms with Crippen LogP contribution in [0.5, 0.6) is 0 Å². The molecular formula is C25H36N8O. The molecule has 2 saturated heterocycles. The third-order valence-corrected chi connectivity index (χ3v) is 7.17. The average Bonchev–Trinajstić information content (AvgIpc) is 3.16. The van der Waals surface area contributed by atoms with E-state index in [0.29, 0.717) is 17.3 Å². The molecule has 9 heteroatoms. The quantitative estimate of drug-likeness (QED) is 0.622. The highest BCUT2D eigenvalue weighted by molar-refractivity contribution is 6.01. The Balaban J connectivity index is 1.40.